The first-order valence-corrected chi connectivity index (χ1v) is 8.04. The number of sulfonamides is 1. The number of anilines is 1. The van der Waals surface area contributed by atoms with E-state index in [0.29, 0.717) is 0 Å². The van der Waals surface area contributed by atoms with Gasteiger partial charge in [0.2, 0.25) is 0 Å². The van der Waals surface area contributed by atoms with Crippen LogP contribution in [0.15, 0.2) is 35.2 Å². The van der Waals surface area contributed by atoms with E-state index < -0.39 is 10.0 Å². The number of benzene rings is 1. The van der Waals surface area contributed by atoms with Crippen molar-refractivity contribution in [3.63, 3.8) is 0 Å². The smallest absolute Gasteiger partial charge is 0.262 e. The van der Waals surface area contributed by atoms with Gasteiger partial charge in [-0.1, -0.05) is 17.7 Å². The molecule has 104 valence electrons. The Hall–Kier alpha value is -1.66. The molecule has 0 unspecified atom stereocenters. The average molecular weight is 310 g/mol. The number of nitrogens with one attached hydrogen (secondary N) is 1. The number of aromatic nitrogens is 2. The summed E-state index contributed by atoms with van der Waals surface area (Å²) in [6.45, 7) is 0. The largest absolute Gasteiger partial charge is 0.263 e. The molecule has 1 heterocycles. The zero-order valence-electron chi connectivity index (χ0n) is 10.5. The number of fused-ring (bicyclic) bond motifs is 1. The molecule has 1 aromatic heterocycles. The Morgan fingerprint density at radius 1 is 1.05 bits per heavy atom. The fourth-order valence-corrected chi connectivity index (χ4v) is 3.43. The molecule has 0 atom stereocenters. The molecule has 0 spiro atoms. The molecule has 0 amide bonds. The SMILES string of the molecule is O=S(=O)(Nc1ccc(Cl)nn1)c1ccc2c(c1)CCC2. The molecule has 0 saturated carbocycles. The van der Waals surface area contributed by atoms with E-state index >= 15 is 0 Å². The van der Waals surface area contributed by atoms with Crippen molar-refractivity contribution in [1.82, 2.24) is 10.2 Å². The standard InChI is InChI=1S/C13H12ClN3O2S/c14-12-6-7-13(16-15-12)17-20(18,19)11-5-4-9-2-1-3-10(9)8-11/h4-8H,1-3H2,(H,16,17). The third-order valence-corrected chi connectivity index (χ3v) is 4.81. The predicted molar refractivity (Wildman–Crippen MR) is 76.3 cm³/mol. The van der Waals surface area contributed by atoms with Crippen LogP contribution in [0.5, 0.6) is 0 Å². The topological polar surface area (TPSA) is 72.0 Å². The number of halogens is 1. The first-order chi connectivity index (χ1) is 9.54. The monoisotopic (exact) mass is 309 g/mol. The molecule has 5 nitrogen and oxygen atoms in total. The highest BCUT2D eigenvalue weighted by Crippen LogP contribution is 2.25. The van der Waals surface area contributed by atoms with E-state index in [0.717, 1.165) is 24.8 Å². The Balaban J connectivity index is 1.90. The van der Waals surface area contributed by atoms with E-state index in [9.17, 15) is 8.42 Å². The molecule has 7 heteroatoms. The van der Waals surface area contributed by atoms with E-state index in [1.807, 2.05) is 6.07 Å². The molecule has 1 aliphatic carbocycles. The summed E-state index contributed by atoms with van der Waals surface area (Å²) < 4.78 is 26.9. The van der Waals surface area contributed by atoms with Gasteiger partial charge in [0.05, 0.1) is 4.90 Å². The predicted octanol–water partition coefficient (Wildman–Crippen LogP) is 2.42. The second-order valence-corrected chi connectivity index (χ2v) is 6.70. The van der Waals surface area contributed by atoms with Gasteiger partial charge in [0.25, 0.3) is 10.0 Å². The molecule has 0 saturated heterocycles. The Kier molecular flexibility index (Phi) is 3.35. The maximum Gasteiger partial charge on any atom is 0.263 e. The molecular weight excluding hydrogens is 298 g/mol. The molecule has 0 radical (unpaired) electrons. The van der Waals surface area contributed by atoms with Gasteiger partial charge in [-0.2, -0.15) is 0 Å². The van der Waals surface area contributed by atoms with Crippen LogP contribution in [-0.4, -0.2) is 18.6 Å². The Morgan fingerprint density at radius 3 is 2.60 bits per heavy atom. The second-order valence-electron chi connectivity index (χ2n) is 4.63. The molecule has 0 bridgehead atoms. The molecule has 1 aliphatic rings. The lowest BCUT2D eigenvalue weighted by Gasteiger charge is -2.08. The second kappa shape index (κ2) is 5.03. The summed E-state index contributed by atoms with van der Waals surface area (Å²) in [5.41, 5.74) is 2.34. The molecule has 1 N–H and O–H groups in total. The van der Waals surface area contributed by atoms with Gasteiger partial charge in [0.1, 0.15) is 0 Å². The van der Waals surface area contributed by atoms with Crippen LogP contribution in [0.4, 0.5) is 5.82 Å². The highest BCUT2D eigenvalue weighted by molar-refractivity contribution is 7.92. The summed E-state index contributed by atoms with van der Waals surface area (Å²) in [6.07, 6.45) is 3.03. The zero-order valence-corrected chi connectivity index (χ0v) is 12.1. The summed E-state index contributed by atoms with van der Waals surface area (Å²) in [5.74, 6) is 0.148. The highest BCUT2D eigenvalue weighted by Gasteiger charge is 2.19. The first kappa shape index (κ1) is 13.3. The minimum absolute atomic E-state index is 0.148. The maximum absolute atomic E-state index is 12.3. The van der Waals surface area contributed by atoms with Crippen LogP contribution in [0.25, 0.3) is 0 Å². The minimum Gasteiger partial charge on any atom is -0.262 e. The molecule has 1 aromatic carbocycles. The fourth-order valence-electron chi connectivity index (χ4n) is 2.28. The molecule has 0 fully saturated rings. The van der Waals surface area contributed by atoms with Gasteiger partial charge in [-0.15, -0.1) is 10.2 Å². The van der Waals surface area contributed by atoms with Crippen LogP contribution in [0, 0.1) is 0 Å². The normalized spacial score (nSPS) is 14.1. The van der Waals surface area contributed by atoms with E-state index in [1.54, 1.807) is 12.1 Å². The van der Waals surface area contributed by atoms with Gasteiger partial charge in [0, 0.05) is 0 Å². The highest BCUT2D eigenvalue weighted by atomic mass is 35.5. The molecule has 3 rings (SSSR count). The van der Waals surface area contributed by atoms with E-state index in [-0.39, 0.29) is 15.9 Å². The van der Waals surface area contributed by atoms with Crippen LogP contribution in [0.3, 0.4) is 0 Å². The van der Waals surface area contributed by atoms with Gasteiger partial charge >= 0.3 is 0 Å². The summed E-state index contributed by atoms with van der Waals surface area (Å²) in [5, 5.41) is 7.51. The van der Waals surface area contributed by atoms with Gasteiger partial charge in [-0.05, 0) is 54.7 Å². The summed E-state index contributed by atoms with van der Waals surface area (Å²) in [4.78, 5) is 0.245. The van der Waals surface area contributed by atoms with E-state index in [4.69, 9.17) is 11.6 Å². The molecule has 20 heavy (non-hydrogen) atoms. The molecular formula is C13H12ClN3O2S. The summed E-state index contributed by atoms with van der Waals surface area (Å²) >= 11 is 5.61. The summed E-state index contributed by atoms with van der Waals surface area (Å²) in [6, 6.07) is 8.18. The van der Waals surface area contributed by atoms with Crippen molar-refractivity contribution < 1.29 is 8.42 Å². The van der Waals surface area contributed by atoms with E-state index in [2.05, 4.69) is 14.9 Å². The maximum atomic E-state index is 12.3. The Labute approximate surface area is 122 Å². The fraction of sp³-hybridized carbons (Fsp3) is 0.231. The van der Waals surface area contributed by atoms with Crippen molar-refractivity contribution >= 4 is 27.4 Å². The average Bonchev–Trinajstić information content (AvgIpc) is 2.88. The number of aryl methyl sites for hydroxylation is 2. The van der Waals surface area contributed by atoms with Crippen LogP contribution in [0.1, 0.15) is 17.5 Å². The van der Waals surface area contributed by atoms with Crippen molar-refractivity contribution in [1.29, 1.82) is 0 Å². The summed E-state index contributed by atoms with van der Waals surface area (Å²) in [7, 11) is -3.64. The van der Waals surface area contributed by atoms with Gasteiger partial charge < -0.3 is 0 Å². The van der Waals surface area contributed by atoms with Crippen LogP contribution < -0.4 is 4.72 Å². The third kappa shape index (κ3) is 2.62. The minimum atomic E-state index is -3.64. The Bertz CT molecular complexity index is 745. The van der Waals surface area contributed by atoms with Gasteiger partial charge in [0.15, 0.2) is 11.0 Å². The lowest BCUT2D eigenvalue weighted by atomic mass is 10.1. The van der Waals surface area contributed by atoms with Crippen molar-refractivity contribution in [3.05, 3.63) is 46.6 Å². The quantitative estimate of drug-likeness (QED) is 0.945. The van der Waals surface area contributed by atoms with Crippen LogP contribution in [-0.2, 0) is 22.9 Å². The van der Waals surface area contributed by atoms with Gasteiger partial charge in [-0.25, -0.2) is 8.42 Å². The first-order valence-electron chi connectivity index (χ1n) is 6.18. The number of hydrogen-bond acceptors (Lipinski definition) is 4. The number of hydrogen-bond donors (Lipinski definition) is 1. The van der Waals surface area contributed by atoms with Crippen molar-refractivity contribution in [2.24, 2.45) is 0 Å². The molecule has 2 aromatic rings. The lowest BCUT2D eigenvalue weighted by Crippen LogP contribution is -2.14. The molecule has 0 aliphatic heterocycles. The van der Waals surface area contributed by atoms with Crippen LogP contribution >= 0.6 is 11.6 Å². The van der Waals surface area contributed by atoms with Crippen LogP contribution in [0.2, 0.25) is 5.15 Å². The van der Waals surface area contributed by atoms with Crippen molar-refractivity contribution in [3.8, 4) is 0 Å². The zero-order chi connectivity index (χ0) is 14.2. The number of nitrogens with zero attached hydrogens (tertiary/aromatic N) is 2. The third-order valence-electron chi connectivity index (χ3n) is 3.25. The van der Waals surface area contributed by atoms with E-state index in [1.165, 1.54) is 17.7 Å². The van der Waals surface area contributed by atoms with Crippen molar-refractivity contribution in [2.75, 3.05) is 4.72 Å². The number of rotatable bonds is 3. The van der Waals surface area contributed by atoms with Crippen molar-refractivity contribution in [2.45, 2.75) is 24.2 Å². The lowest BCUT2D eigenvalue weighted by molar-refractivity contribution is 0.601. The Morgan fingerprint density at radius 2 is 1.85 bits per heavy atom. The van der Waals surface area contributed by atoms with Gasteiger partial charge in [-0.3, -0.25) is 4.72 Å².